The van der Waals surface area contributed by atoms with E-state index in [2.05, 4.69) is 26.7 Å². The molecule has 2 aromatic heterocycles. The van der Waals surface area contributed by atoms with Crippen molar-refractivity contribution in [3.05, 3.63) is 16.7 Å². The molecule has 9 nitrogen and oxygen atoms in total. The van der Waals surface area contributed by atoms with Crippen LogP contribution in [-0.2, 0) is 11.2 Å². The Kier molecular flexibility index (Phi) is 6.73. The van der Waals surface area contributed by atoms with Crippen LogP contribution >= 0.6 is 11.6 Å². The van der Waals surface area contributed by atoms with Gasteiger partial charge in [-0.3, -0.25) is 9.80 Å². The summed E-state index contributed by atoms with van der Waals surface area (Å²) in [5.41, 5.74) is -0.232. The minimum Gasteiger partial charge on any atom is -0.461 e. The quantitative estimate of drug-likeness (QED) is 0.434. The van der Waals surface area contributed by atoms with Crippen molar-refractivity contribution in [1.82, 2.24) is 24.8 Å². The van der Waals surface area contributed by atoms with Crippen molar-refractivity contribution in [2.45, 2.75) is 108 Å². The molecule has 0 N–H and O–H groups in total. The molecule has 2 bridgehead atoms. The fourth-order valence-electron chi connectivity index (χ4n) is 8.38. The number of halogens is 3. The lowest BCUT2D eigenvalue weighted by molar-refractivity contribution is 0.00427. The number of nitrogens with zero attached hydrogens (tertiary/aromatic N) is 6. The van der Waals surface area contributed by atoms with Gasteiger partial charge in [-0.25, -0.2) is 18.6 Å². The standard InChI is InChI=1S/C30H39ClF2N6O3/c1-5-16-11-19-21-23(22(33)25(31)34-19)35-27(41-15-30-9-6-10-37(30)13-17(32)12-30)36-26(21)38-14-18-7-8-20(24(16)38)39(18)28(40)42-29(2,3)4/h16-18,20,24H,5-15H2,1-4H3/t16-,17-,18-,20+,24+,30+/m1/s1. The molecule has 6 atom stereocenters. The van der Waals surface area contributed by atoms with Crippen molar-refractivity contribution >= 4 is 34.4 Å². The monoisotopic (exact) mass is 604 g/mol. The van der Waals surface area contributed by atoms with E-state index >= 15 is 4.39 Å². The van der Waals surface area contributed by atoms with Gasteiger partial charge in [-0.1, -0.05) is 24.9 Å². The number of carbonyl (C=O) groups excluding carboxylic acids is 1. The molecule has 5 aliphatic heterocycles. The zero-order valence-corrected chi connectivity index (χ0v) is 25.5. The number of carbonyl (C=O) groups is 1. The Bertz CT molecular complexity index is 1420. The van der Waals surface area contributed by atoms with Crippen LogP contribution in [0.1, 0.15) is 71.9 Å². The maximum atomic E-state index is 15.6. The number of rotatable bonds is 4. The van der Waals surface area contributed by atoms with E-state index in [0.717, 1.165) is 38.6 Å². The van der Waals surface area contributed by atoms with Gasteiger partial charge >= 0.3 is 12.1 Å². The molecule has 0 aromatic carbocycles. The molecular weight excluding hydrogens is 566 g/mol. The van der Waals surface area contributed by atoms with E-state index in [-0.39, 0.29) is 59.0 Å². The molecule has 0 aliphatic carbocycles. The minimum absolute atomic E-state index is 0.0590. The van der Waals surface area contributed by atoms with Gasteiger partial charge in [0.15, 0.2) is 11.0 Å². The van der Waals surface area contributed by atoms with E-state index in [0.29, 0.717) is 42.8 Å². The van der Waals surface area contributed by atoms with E-state index < -0.39 is 17.6 Å². The lowest BCUT2D eigenvalue weighted by Crippen LogP contribution is -2.64. The number of amides is 1. The maximum absolute atomic E-state index is 15.6. The van der Waals surface area contributed by atoms with Crippen LogP contribution in [0, 0.1) is 11.7 Å². The Morgan fingerprint density at radius 2 is 2.00 bits per heavy atom. The molecule has 0 saturated carbocycles. The van der Waals surface area contributed by atoms with Gasteiger partial charge in [0.05, 0.1) is 34.7 Å². The highest BCUT2D eigenvalue weighted by Crippen LogP contribution is 2.47. The molecule has 7 rings (SSSR count). The molecule has 4 fully saturated rings. The lowest BCUT2D eigenvalue weighted by atomic mass is 9.85. The Balaban J connectivity index is 1.30. The topological polar surface area (TPSA) is 83.9 Å². The van der Waals surface area contributed by atoms with Gasteiger partial charge in [-0.2, -0.15) is 9.97 Å². The van der Waals surface area contributed by atoms with Crippen molar-refractivity contribution in [2.24, 2.45) is 5.92 Å². The number of hydrogen-bond donors (Lipinski definition) is 0. The number of fused-ring (bicyclic) bond motifs is 6. The third kappa shape index (κ3) is 4.48. The fraction of sp³-hybridized carbons (Fsp3) is 0.733. The van der Waals surface area contributed by atoms with Gasteiger partial charge in [0.2, 0.25) is 0 Å². The fourth-order valence-corrected chi connectivity index (χ4v) is 8.57. The third-order valence-corrected chi connectivity index (χ3v) is 10.3. The van der Waals surface area contributed by atoms with E-state index in [1.807, 2.05) is 25.7 Å². The molecular formula is C30H39ClF2N6O3. The first-order chi connectivity index (χ1) is 20.0. The van der Waals surface area contributed by atoms with E-state index in [4.69, 9.17) is 26.1 Å². The van der Waals surface area contributed by atoms with Crippen molar-refractivity contribution in [3.63, 3.8) is 0 Å². The highest BCUT2D eigenvalue weighted by atomic mass is 35.5. The van der Waals surface area contributed by atoms with E-state index in [1.54, 1.807) is 0 Å². The molecule has 7 heterocycles. The third-order valence-electron chi connectivity index (χ3n) is 10.1. The molecule has 12 heteroatoms. The average molecular weight is 605 g/mol. The first-order valence-corrected chi connectivity index (χ1v) is 15.7. The number of aromatic nitrogens is 3. The number of piperazine rings is 1. The van der Waals surface area contributed by atoms with Crippen LogP contribution in [0.3, 0.4) is 0 Å². The van der Waals surface area contributed by atoms with Crippen LogP contribution in [0.4, 0.5) is 19.4 Å². The summed E-state index contributed by atoms with van der Waals surface area (Å²) >= 11 is 6.34. The highest BCUT2D eigenvalue weighted by Gasteiger charge is 2.54. The Hall–Kier alpha value is -2.53. The normalized spacial score (nSPS) is 32.2. The predicted molar refractivity (Wildman–Crippen MR) is 154 cm³/mol. The van der Waals surface area contributed by atoms with Crippen LogP contribution in [0.15, 0.2) is 0 Å². The van der Waals surface area contributed by atoms with Crippen molar-refractivity contribution in [1.29, 1.82) is 0 Å². The van der Waals surface area contributed by atoms with Gasteiger partial charge in [0, 0.05) is 19.5 Å². The maximum Gasteiger partial charge on any atom is 0.410 e. The molecule has 1 amide bonds. The highest BCUT2D eigenvalue weighted by molar-refractivity contribution is 6.30. The molecule has 0 spiro atoms. The summed E-state index contributed by atoms with van der Waals surface area (Å²) in [5, 5.41) is 0.331. The Labute approximate surface area is 249 Å². The number of ether oxygens (including phenoxy) is 2. The van der Waals surface area contributed by atoms with Crippen molar-refractivity contribution in [2.75, 3.05) is 31.1 Å². The zero-order valence-electron chi connectivity index (χ0n) is 24.7. The van der Waals surface area contributed by atoms with E-state index in [1.165, 1.54) is 0 Å². The van der Waals surface area contributed by atoms with Crippen molar-refractivity contribution in [3.8, 4) is 6.01 Å². The number of alkyl halides is 1. The number of pyridine rings is 1. The molecule has 228 valence electrons. The Morgan fingerprint density at radius 3 is 2.76 bits per heavy atom. The summed E-state index contributed by atoms with van der Waals surface area (Å²) in [5.74, 6) is -0.0119. The molecule has 0 unspecified atom stereocenters. The number of hydrogen-bond acceptors (Lipinski definition) is 8. The second-order valence-electron chi connectivity index (χ2n) is 13.8. The predicted octanol–water partition coefficient (Wildman–Crippen LogP) is 5.31. The minimum atomic E-state index is -0.885. The van der Waals surface area contributed by atoms with Crippen molar-refractivity contribution < 1.29 is 23.0 Å². The summed E-state index contributed by atoms with van der Waals surface area (Å²) in [6.07, 6.45) is 4.16. The van der Waals surface area contributed by atoms with Gasteiger partial charge in [0.25, 0.3) is 0 Å². The smallest absolute Gasteiger partial charge is 0.410 e. The van der Waals surface area contributed by atoms with Crippen LogP contribution in [0.25, 0.3) is 10.9 Å². The zero-order chi connectivity index (χ0) is 29.6. The van der Waals surface area contributed by atoms with E-state index in [9.17, 15) is 9.18 Å². The van der Waals surface area contributed by atoms with Crippen LogP contribution in [-0.4, -0.2) is 92.5 Å². The summed E-state index contributed by atoms with van der Waals surface area (Å²) in [6.45, 7) is 9.81. The summed E-state index contributed by atoms with van der Waals surface area (Å²) < 4.78 is 42.1. The largest absolute Gasteiger partial charge is 0.461 e. The van der Waals surface area contributed by atoms with Gasteiger partial charge in [0.1, 0.15) is 29.7 Å². The molecule has 2 aromatic rings. The van der Waals surface area contributed by atoms with Crippen LogP contribution in [0.5, 0.6) is 6.01 Å². The second-order valence-corrected chi connectivity index (χ2v) is 14.1. The summed E-state index contributed by atoms with van der Waals surface area (Å²) in [7, 11) is 0. The number of anilines is 1. The Morgan fingerprint density at radius 1 is 1.19 bits per heavy atom. The molecule has 5 aliphatic rings. The van der Waals surface area contributed by atoms with Crippen LogP contribution < -0.4 is 9.64 Å². The van der Waals surface area contributed by atoms with Gasteiger partial charge < -0.3 is 14.4 Å². The molecule has 4 saturated heterocycles. The average Bonchev–Trinajstić information content (AvgIpc) is 3.53. The van der Waals surface area contributed by atoms with Gasteiger partial charge in [-0.05, 0) is 65.3 Å². The summed E-state index contributed by atoms with van der Waals surface area (Å²) in [6, 6.07) is -0.165. The van der Waals surface area contributed by atoms with Crippen LogP contribution in [0.2, 0.25) is 5.15 Å². The lowest BCUT2D eigenvalue weighted by Gasteiger charge is -2.49. The molecule has 0 radical (unpaired) electrons. The first kappa shape index (κ1) is 28.3. The molecule has 42 heavy (non-hydrogen) atoms. The van der Waals surface area contributed by atoms with Gasteiger partial charge in [-0.15, -0.1) is 0 Å². The summed E-state index contributed by atoms with van der Waals surface area (Å²) in [4.78, 5) is 33.7. The first-order valence-electron chi connectivity index (χ1n) is 15.3. The SMILES string of the molecule is CC[C@@H]1Cc2nc(Cl)c(F)c3nc(OC[C@@]45CCCN4C[C@H](F)C5)nc(c23)N2C[C@H]3CC[C@@H]([C@H]12)N3C(=O)OC(C)(C)C. The second kappa shape index (κ2) is 10.0.